The van der Waals surface area contributed by atoms with E-state index < -0.39 is 0 Å². The van der Waals surface area contributed by atoms with Crippen LogP contribution in [0.1, 0.15) is 55.8 Å². The van der Waals surface area contributed by atoms with Gasteiger partial charge in [0.05, 0.1) is 5.92 Å². The van der Waals surface area contributed by atoms with Gasteiger partial charge in [-0.15, -0.1) is 10.2 Å². The standard InChI is InChI=1S/C18H24N4O/c1-2-6-16(14-7-4-3-5-8-14)18(23)19-11-12-22-13-20-21-17(22)15-9-10-15/h3-5,7-8,13,15-16H,2,6,9-12H2,1H3,(H,19,23)/t16-/m0/s1. The number of hydrogen-bond acceptors (Lipinski definition) is 3. The smallest absolute Gasteiger partial charge is 0.227 e. The van der Waals surface area contributed by atoms with Crippen molar-refractivity contribution in [2.24, 2.45) is 0 Å². The van der Waals surface area contributed by atoms with Crippen LogP contribution in [0.3, 0.4) is 0 Å². The van der Waals surface area contributed by atoms with Crippen molar-refractivity contribution >= 4 is 5.91 Å². The molecule has 0 spiro atoms. The van der Waals surface area contributed by atoms with Crippen molar-refractivity contribution in [3.63, 3.8) is 0 Å². The fourth-order valence-corrected chi connectivity index (χ4v) is 2.94. The third-order valence-corrected chi connectivity index (χ3v) is 4.34. The highest BCUT2D eigenvalue weighted by Crippen LogP contribution is 2.38. The Morgan fingerprint density at radius 2 is 2.13 bits per heavy atom. The molecule has 1 heterocycles. The van der Waals surface area contributed by atoms with Crippen molar-refractivity contribution in [3.8, 4) is 0 Å². The second-order valence-electron chi connectivity index (χ2n) is 6.20. The van der Waals surface area contributed by atoms with Gasteiger partial charge in [0.25, 0.3) is 0 Å². The predicted octanol–water partition coefficient (Wildman–Crippen LogP) is 2.86. The summed E-state index contributed by atoms with van der Waals surface area (Å²) >= 11 is 0. The van der Waals surface area contributed by atoms with Crippen molar-refractivity contribution in [3.05, 3.63) is 48.0 Å². The number of amides is 1. The topological polar surface area (TPSA) is 59.8 Å². The zero-order valence-corrected chi connectivity index (χ0v) is 13.6. The first-order chi connectivity index (χ1) is 11.3. The minimum absolute atomic E-state index is 0.0648. The molecule has 1 aromatic carbocycles. The first-order valence-corrected chi connectivity index (χ1v) is 8.50. The lowest BCUT2D eigenvalue weighted by Gasteiger charge is -2.17. The molecular weight excluding hydrogens is 288 g/mol. The molecule has 0 radical (unpaired) electrons. The molecule has 122 valence electrons. The summed E-state index contributed by atoms with van der Waals surface area (Å²) in [6.07, 6.45) is 6.04. The summed E-state index contributed by atoms with van der Waals surface area (Å²) in [4.78, 5) is 12.5. The SMILES string of the molecule is CCC[C@H](C(=O)NCCn1cnnc1C1CC1)c1ccccc1. The molecule has 1 saturated carbocycles. The number of aromatic nitrogens is 3. The van der Waals surface area contributed by atoms with Gasteiger partial charge in [0.2, 0.25) is 5.91 Å². The number of benzene rings is 1. The number of rotatable bonds is 8. The van der Waals surface area contributed by atoms with Crippen LogP contribution < -0.4 is 5.32 Å². The van der Waals surface area contributed by atoms with Gasteiger partial charge in [-0.25, -0.2) is 0 Å². The average Bonchev–Trinajstić information content (AvgIpc) is 3.32. The van der Waals surface area contributed by atoms with Crippen LogP contribution in [-0.4, -0.2) is 27.2 Å². The van der Waals surface area contributed by atoms with Gasteiger partial charge in [-0.05, 0) is 24.8 Å². The zero-order valence-electron chi connectivity index (χ0n) is 13.6. The Kier molecular flexibility index (Phi) is 5.05. The van der Waals surface area contributed by atoms with E-state index in [0.29, 0.717) is 12.5 Å². The maximum atomic E-state index is 12.5. The average molecular weight is 312 g/mol. The van der Waals surface area contributed by atoms with Gasteiger partial charge >= 0.3 is 0 Å². The Labute approximate surface area is 137 Å². The molecule has 3 rings (SSSR count). The summed E-state index contributed by atoms with van der Waals surface area (Å²) < 4.78 is 2.06. The van der Waals surface area contributed by atoms with Gasteiger partial charge in [0.1, 0.15) is 12.2 Å². The lowest BCUT2D eigenvalue weighted by Crippen LogP contribution is -2.32. The molecule has 0 saturated heterocycles. The van der Waals surface area contributed by atoms with E-state index in [1.165, 1.54) is 12.8 Å². The molecule has 2 aromatic rings. The summed E-state index contributed by atoms with van der Waals surface area (Å²) in [6.45, 7) is 3.46. The Morgan fingerprint density at radius 3 is 2.83 bits per heavy atom. The van der Waals surface area contributed by atoms with E-state index in [0.717, 1.165) is 30.8 Å². The van der Waals surface area contributed by atoms with E-state index in [9.17, 15) is 4.79 Å². The van der Waals surface area contributed by atoms with Crippen LogP contribution in [0.15, 0.2) is 36.7 Å². The largest absolute Gasteiger partial charge is 0.354 e. The number of nitrogens with one attached hydrogen (secondary N) is 1. The van der Waals surface area contributed by atoms with Crippen molar-refractivity contribution in [1.82, 2.24) is 20.1 Å². The van der Waals surface area contributed by atoms with Gasteiger partial charge in [-0.2, -0.15) is 0 Å². The van der Waals surface area contributed by atoms with Crippen LogP contribution in [0, 0.1) is 0 Å². The number of carbonyl (C=O) groups is 1. The molecule has 5 nitrogen and oxygen atoms in total. The molecular formula is C18H24N4O. The molecule has 0 aliphatic heterocycles. The van der Waals surface area contributed by atoms with Crippen molar-refractivity contribution < 1.29 is 4.79 Å². The third-order valence-electron chi connectivity index (χ3n) is 4.34. The second kappa shape index (κ2) is 7.40. The van der Waals surface area contributed by atoms with Crippen LogP contribution in [0.25, 0.3) is 0 Å². The summed E-state index contributed by atoms with van der Waals surface area (Å²) in [5, 5.41) is 11.3. The van der Waals surface area contributed by atoms with Crippen LogP contribution >= 0.6 is 0 Å². The molecule has 1 atom stereocenters. The maximum Gasteiger partial charge on any atom is 0.227 e. The third kappa shape index (κ3) is 3.97. The van der Waals surface area contributed by atoms with Gasteiger partial charge in [-0.3, -0.25) is 4.79 Å². The lowest BCUT2D eigenvalue weighted by atomic mass is 9.94. The highest BCUT2D eigenvalue weighted by Gasteiger charge is 2.28. The monoisotopic (exact) mass is 312 g/mol. The van der Waals surface area contributed by atoms with Crippen molar-refractivity contribution in [2.45, 2.75) is 51.0 Å². The summed E-state index contributed by atoms with van der Waals surface area (Å²) in [5.74, 6) is 1.68. The highest BCUT2D eigenvalue weighted by atomic mass is 16.1. The van der Waals surface area contributed by atoms with Crippen LogP contribution in [0.4, 0.5) is 0 Å². The molecule has 1 N–H and O–H groups in total. The number of nitrogens with zero attached hydrogens (tertiary/aromatic N) is 3. The van der Waals surface area contributed by atoms with E-state index in [4.69, 9.17) is 0 Å². The van der Waals surface area contributed by atoms with Crippen LogP contribution in [0.2, 0.25) is 0 Å². The normalized spacial score (nSPS) is 15.3. The Morgan fingerprint density at radius 1 is 1.35 bits per heavy atom. The fraction of sp³-hybridized carbons (Fsp3) is 0.500. The molecule has 1 aliphatic carbocycles. The van der Waals surface area contributed by atoms with E-state index in [2.05, 4.69) is 27.0 Å². The quantitative estimate of drug-likeness (QED) is 0.815. The van der Waals surface area contributed by atoms with Crippen molar-refractivity contribution in [1.29, 1.82) is 0 Å². The van der Waals surface area contributed by atoms with E-state index in [1.807, 2.05) is 30.3 Å². The van der Waals surface area contributed by atoms with Crippen molar-refractivity contribution in [2.75, 3.05) is 6.54 Å². The van der Waals surface area contributed by atoms with Gasteiger partial charge in [-0.1, -0.05) is 43.7 Å². The zero-order chi connectivity index (χ0) is 16.1. The molecule has 1 fully saturated rings. The first-order valence-electron chi connectivity index (χ1n) is 8.50. The Balaban J connectivity index is 1.55. The highest BCUT2D eigenvalue weighted by molar-refractivity contribution is 5.83. The van der Waals surface area contributed by atoms with E-state index >= 15 is 0 Å². The molecule has 23 heavy (non-hydrogen) atoms. The van der Waals surface area contributed by atoms with E-state index in [-0.39, 0.29) is 11.8 Å². The first kappa shape index (κ1) is 15.7. The summed E-state index contributed by atoms with van der Waals surface area (Å²) in [7, 11) is 0. The minimum atomic E-state index is -0.0648. The molecule has 1 aromatic heterocycles. The predicted molar refractivity (Wildman–Crippen MR) is 89.1 cm³/mol. The van der Waals surface area contributed by atoms with Gasteiger partial charge in [0.15, 0.2) is 0 Å². The van der Waals surface area contributed by atoms with Gasteiger partial charge in [0, 0.05) is 19.0 Å². The van der Waals surface area contributed by atoms with Crippen LogP contribution in [-0.2, 0) is 11.3 Å². The molecule has 5 heteroatoms. The fourth-order valence-electron chi connectivity index (χ4n) is 2.94. The molecule has 0 unspecified atom stereocenters. The summed E-state index contributed by atoms with van der Waals surface area (Å²) in [6, 6.07) is 10.0. The number of carbonyl (C=O) groups excluding carboxylic acids is 1. The maximum absolute atomic E-state index is 12.5. The van der Waals surface area contributed by atoms with Gasteiger partial charge < -0.3 is 9.88 Å². The Hall–Kier alpha value is -2.17. The number of hydrogen-bond donors (Lipinski definition) is 1. The Bertz CT molecular complexity index is 633. The molecule has 1 amide bonds. The second-order valence-corrected chi connectivity index (χ2v) is 6.20. The van der Waals surface area contributed by atoms with Crippen LogP contribution in [0.5, 0.6) is 0 Å². The lowest BCUT2D eigenvalue weighted by molar-refractivity contribution is -0.122. The minimum Gasteiger partial charge on any atom is -0.354 e. The molecule has 1 aliphatic rings. The molecule has 0 bridgehead atoms. The summed E-state index contributed by atoms with van der Waals surface area (Å²) in [5.41, 5.74) is 1.09. The van der Waals surface area contributed by atoms with E-state index in [1.54, 1.807) is 6.33 Å².